The van der Waals surface area contributed by atoms with Gasteiger partial charge in [0, 0.05) is 11.1 Å². The Balaban J connectivity index is 2.51. The number of rotatable bonds is 2. The van der Waals surface area contributed by atoms with Crippen LogP contribution in [0.5, 0.6) is 0 Å². The van der Waals surface area contributed by atoms with Gasteiger partial charge < -0.3 is 5.73 Å². The minimum atomic E-state index is -0.566. The molecule has 0 saturated heterocycles. The highest BCUT2D eigenvalue weighted by Gasteiger charge is 2.22. The van der Waals surface area contributed by atoms with E-state index in [1.165, 1.54) is 12.1 Å². The third-order valence-corrected chi connectivity index (χ3v) is 3.24. The van der Waals surface area contributed by atoms with Gasteiger partial charge in [0.05, 0.1) is 5.69 Å². The minimum Gasteiger partial charge on any atom is -0.396 e. The fourth-order valence-corrected chi connectivity index (χ4v) is 2.16. The van der Waals surface area contributed by atoms with E-state index in [0.717, 1.165) is 5.56 Å². The summed E-state index contributed by atoms with van der Waals surface area (Å²) in [7, 11) is 0. The van der Waals surface area contributed by atoms with Gasteiger partial charge in [0.2, 0.25) is 0 Å². The predicted molar refractivity (Wildman–Crippen MR) is 79.4 cm³/mol. The molecule has 2 nitrogen and oxygen atoms in total. The Morgan fingerprint density at radius 1 is 1.10 bits per heavy atom. The first-order chi connectivity index (χ1) is 9.30. The first-order valence-electron chi connectivity index (χ1n) is 6.50. The van der Waals surface area contributed by atoms with Crippen molar-refractivity contribution in [1.82, 2.24) is 0 Å². The molecular weight excluding hydrogens is 253 g/mol. The Kier molecular flexibility index (Phi) is 3.62. The molecule has 0 heterocycles. The van der Waals surface area contributed by atoms with Gasteiger partial charge in [-0.2, -0.15) is 0 Å². The average molecular weight is 271 g/mol. The minimum absolute atomic E-state index is 0.0469. The van der Waals surface area contributed by atoms with Crippen LogP contribution in [0.2, 0.25) is 0 Å². The van der Waals surface area contributed by atoms with E-state index in [9.17, 15) is 9.18 Å². The van der Waals surface area contributed by atoms with Crippen LogP contribution in [0.25, 0.3) is 0 Å². The maximum atomic E-state index is 13.5. The van der Waals surface area contributed by atoms with E-state index in [4.69, 9.17) is 5.73 Å². The lowest BCUT2D eigenvalue weighted by molar-refractivity contribution is 0.103. The van der Waals surface area contributed by atoms with E-state index in [-0.39, 0.29) is 16.9 Å². The topological polar surface area (TPSA) is 43.1 Å². The molecule has 0 aliphatic heterocycles. The zero-order chi connectivity index (χ0) is 14.9. The Morgan fingerprint density at radius 3 is 2.35 bits per heavy atom. The third kappa shape index (κ3) is 2.72. The highest BCUT2D eigenvalue weighted by Crippen LogP contribution is 2.27. The molecule has 2 aromatic carbocycles. The maximum absolute atomic E-state index is 13.5. The molecule has 0 bridgehead atoms. The van der Waals surface area contributed by atoms with Gasteiger partial charge in [0.15, 0.2) is 5.78 Å². The van der Waals surface area contributed by atoms with Crippen molar-refractivity contribution in [3.8, 4) is 0 Å². The van der Waals surface area contributed by atoms with E-state index < -0.39 is 5.82 Å². The standard InChI is InChI=1S/C17H18FNO/c1-17(2,3)13-7-5-4-6-12(13)16(20)11-8-9-15(19)14(18)10-11/h4-10H,19H2,1-3H3. The van der Waals surface area contributed by atoms with Gasteiger partial charge in [-0.25, -0.2) is 4.39 Å². The molecule has 0 aliphatic carbocycles. The first kappa shape index (κ1) is 14.3. The van der Waals surface area contributed by atoms with Crippen LogP contribution in [0.15, 0.2) is 42.5 Å². The largest absolute Gasteiger partial charge is 0.396 e. The van der Waals surface area contributed by atoms with Gasteiger partial charge >= 0.3 is 0 Å². The van der Waals surface area contributed by atoms with Gasteiger partial charge in [-0.1, -0.05) is 45.0 Å². The van der Waals surface area contributed by atoms with Crippen molar-refractivity contribution in [2.45, 2.75) is 26.2 Å². The number of halogens is 1. The summed E-state index contributed by atoms with van der Waals surface area (Å²) in [5.74, 6) is -0.751. The number of nitrogen functional groups attached to an aromatic ring is 1. The number of ketones is 1. The van der Waals surface area contributed by atoms with Gasteiger partial charge in [0.1, 0.15) is 5.82 Å². The third-order valence-electron chi connectivity index (χ3n) is 3.24. The number of hydrogen-bond donors (Lipinski definition) is 1. The van der Waals surface area contributed by atoms with E-state index in [1.54, 1.807) is 12.1 Å². The summed E-state index contributed by atoms with van der Waals surface area (Å²) in [5.41, 5.74) is 7.19. The molecule has 0 atom stereocenters. The SMILES string of the molecule is CC(C)(C)c1ccccc1C(=O)c1ccc(N)c(F)c1. The van der Waals surface area contributed by atoms with Crippen LogP contribution >= 0.6 is 0 Å². The van der Waals surface area contributed by atoms with Crippen LogP contribution in [0.3, 0.4) is 0 Å². The van der Waals surface area contributed by atoms with Gasteiger partial charge in [-0.15, -0.1) is 0 Å². The zero-order valence-electron chi connectivity index (χ0n) is 11.9. The summed E-state index contributed by atoms with van der Waals surface area (Å²) in [5, 5.41) is 0. The number of anilines is 1. The molecule has 0 radical (unpaired) electrons. The molecule has 0 aliphatic rings. The number of benzene rings is 2. The van der Waals surface area contributed by atoms with Crippen LogP contribution in [0, 0.1) is 5.82 Å². The molecule has 0 saturated carbocycles. The molecule has 0 spiro atoms. The summed E-state index contributed by atoms with van der Waals surface area (Å²) in [6, 6.07) is 11.6. The second-order valence-corrected chi connectivity index (χ2v) is 5.86. The van der Waals surface area contributed by atoms with Crippen molar-refractivity contribution in [3.63, 3.8) is 0 Å². The average Bonchev–Trinajstić information content (AvgIpc) is 2.40. The quantitative estimate of drug-likeness (QED) is 0.664. The van der Waals surface area contributed by atoms with E-state index >= 15 is 0 Å². The molecule has 0 amide bonds. The molecule has 0 fully saturated rings. The lowest BCUT2D eigenvalue weighted by Crippen LogP contribution is -2.17. The Hall–Kier alpha value is -2.16. The summed E-state index contributed by atoms with van der Waals surface area (Å²) in [4.78, 5) is 12.6. The van der Waals surface area contributed by atoms with Crippen molar-refractivity contribution in [3.05, 3.63) is 65.0 Å². The number of hydrogen-bond acceptors (Lipinski definition) is 2. The Morgan fingerprint density at radius 2 is 1.75 bits per heavy atom. The van der Waals surface area contributed by atoms with E-state index in [1.807, 2.05) is 39.0 Å². The summed E-state index contributed by atoms with van der Waals surface area (Å²) >= 11 is 0. The monoisotopic (exact) mass is 271 g/mol. The van der Waals surface area contributed by atoms with E-state index in [0.29, 0.717) is 11.1 Å². The summed E-state index contributed by atoms with van der Waals surface area (Å²) < 4.78 is 13.5. The molecule has 0 aromatic heterocycles. The van der Waals surface area contributed by atoms with Crippen LogP contribution in [-0.2, 0) is 5.41 Å². The van der Waals surface area contributed by atoms with Crippen molar-refractivity contribution in [2.24, 2.45) is 0 Å². The number of nitrogens with two attached hydrogens (primary N) is 1. The number of carbonyl (C=O) groups is 1. The number of carbonyl (C=O) groups excluding carboxylic acids is 1. The van der Waals surface area contributed by atoms with Crippen LogP contribution < -0.4 is 5.73 Å². The van der Waals surface area contributed by atoms with Gasteiger partial charge in [-0.05, 0) is 29.2 Å². The summed E-state index contributed by atoms with van der Waals surface area (Å²) in [6.45, 7) is 6.13. The van der Waals surface area contributed by atoms with E-state index in [2.05, 4.69) is 0 Å². The van der Waals surface area contributed by atoms with Crippen LogP contribution in [0.4, 0.5) is 10.1 Å². The molecule has 2 rings (SSSR count). The molecule has 0 unspecified atom stereocenters. The van der Waals surface area contributed by atoms with Crippen molar-refractivity contribution in [2.75, 3.05) is 5.73 Å². The highest BCUT2D eigenvalue weighted by molar-refractivity contribution is 6.10. The molecule has 2 N–H and O–H groups in total. The smallest absolute Gasteiger partial charge is 0.193 e. The van der Waals surface area contributed by atoms with Crippen LogP contribution in [-0.4, -0.2) is 5.78 Å². The Bertz CT molecular complexity index is 656. The van der Waals surface area contributed by atoms with Crippen LogP contribution in [0.1, 0.15) is 42.3 Å². The molecule has 2 aromatic rings. The highest BCUT2D eigenvalue weighted by atomic mass is 19.1. The van der Waals surface area contributed by atoms with Gasteiger partial charge in [-0.3, -0.25) is 4.79 Å². The molecule has 20 heavy (non-hydrogen) atoms. The lowest BCUT2D eigenvalue weighted by Gasteiger charge is -2.22. The molecule has 104 valence electrons. The molecule has 3 heteroatoms. The van der Waals surface area contributed by atoms with Crippen molar-refractivity contribution in [1.29, 1.82) is 0 Å². The van der Waals surface area contributed by atoms with Gasteiger partial charge in [0.25, 0.3) is 0 Å². The second-order valence-electron chi connectivity index (χ2n) is 5.86. The zero-order valence-corrected chi connectivity index (χ0v) is 11.9. The maximum Gasteiger partial charge on any atom is 0.193 e. The predicted octanol–water partition coefficient (Wildman–Crippen LogP) is 3.94. The Labute approximate surface area is 118 Å². The normalized spacial score (nSPS) is 11.4. The van der Waals surface area contributed by atoms with Crippen molar-refractivity contribution >= 4 is 11.5 Å². The fraction of sp³-hybridized carbons (Fsp3) is 0.235. The second kappa shape index (κ2) is 5.08. The summed E-state index contributed by atoms with van der Waals surface area (Å²) in [6.07, 6.45) is 0. The lowest BCUT2D eigenvalue weighted by atomic mass is 9.82. The molecular formula is C17H18FNO. The first-order valence-corrected chi connectivity index (χ1v) is 6.50. The van der Waals surface area contributed by atoms with Crippen molar-refractivity contribution < 1.29 is 9.18 Å². The fourth-order valence-electron chi connectivity index (χ4n) is 2.16.